The molecule has 1 aromatic carbocycles. The van der Waals surface area contributed by atoms with Gasteiger partial charge in [-0.1, -0.05) is 20.8 Å². The third-order valence-corrected chi connectivity index (χ3v) is 2.86. The number of nitrogens with one attached hydrogen (secondary N) is 1. The fourth-order valence-corrected chi connectivity index (χ4v) is 1.47. The van der Waals surface area contributed by atoms with Crippen molar-refractivity contribution in [2.75, 3.05) is 6.54 Å². The molecule has 1 unspecified atom stereocenters. The predicted molar refractivity (Wildman–Crippen MR) is 70.8 cm³/mol. The summed E-state index contributed by atoms with van der Waals surface area (Å²) in [6.07, 6.45) is -0.818. The second-order valence-corrected chi connectivity index (χ2v) is 5.61. The molecule has 0 aromatic heterocycles. The van der Waals surface area contributed by atoms with Gasteiger partial charge >= 0.3 is 6.61 Å². The fraction of sp³-hybridized carbons (Fsp3) is 0.500. The predicted octanol–water partition coefficient (Wildman–Crippen LogP) is 2.56. The second kappa shape index (κ2) is 6.80. The highest BCUT2D eigenvalue weighted by Crippen LogP contribution is 2.23. The molecule has 4 nitrogen and oxygen atoms in total. The summed E-state index contributed by atoms with van der Waals surface area (Å²) in [4.78, 5) is 11.9. The van der Waals surface area contributed by atoms with Crippen molar-refractivity contribution in [1.29, 1.82) is 0 Å². The first-order chi connectivity index (χ1) is 9.61. The molecule has 2 N–H and O–H groups in total. The maximum Gasteiger partial charge on any atom is 0.387 e. The van der Waals surface area contributed by atoms with E-state index in [4.69, 9.17) is 0 Å². The van der Waals surface area contributed by atoms with Crippen molar-refractivity contribution in [3.05, 3.63) is 29.6 Å². The molecule has 1 rings (SSSR count). The summed E-state index contributed by atoms with van der Waals surface area (Å²) in [5.74, 6) is -2.07. The average molecular weight is 305 g/mol. The number of hydrogen-bond donors (Lipinski definition) is 2. The summed E-state index contributed by atoms with van der Waals surface area (Å²) in [6, 6.07) is 2.72. The molecule has 0 spiro atoms. The van der Waals surface area contributed by atoms with Gasteiger partial charge in [0.15, 0.2) is 0 Å². The average Bonchev–Trinajstić information content (AvgIpc) is 2.33. The van der Waals surface area contributed by atoms with Gasteiger partial charge in [0.25, 0.3) is 5.91 Å². The van der Waals surface area contributed by atoms with Crippen LogP contribution in [0.3, 0.4) is 0 Å². The quantitative estimate of drug-likeness (QED) is 0.879. The Hall–Kier alpha value is -1.76. The van der Waals surface area contributed by atoms with Crippen LogP contribution in [0.25, 0.3) is 0 Å². The standard InChI is InChI=1S/C14H18F3NO3/c1-14(2,3)11(19)7-18-12(20)9-5-4-8(15)6-10(9)21-13(16)17/h4-6,11,13,19H,7H2,1-3H3,(H,18,20). The lowest BCUT2D eigenvalue weighted by Crippen LogP contribution is -2.39. The molecular weight excluding hydrogens is 287 g/mol. The molecule has 1 amide bonds. The van der Waals surface area contributed by atoms with E-state index in [-0.39, 0.29) is 12.1 Å². The first-order valence-electron chi connectivity index (χ1n) is 6.32. The zero-order valence-electron chi connectivity index (χ0n) is 12.0. The van der Waals surface area contributed by atoms with Crippen molar-refractivity contribution in [3.8, 4) is 5.75 Å². The number of carbonyl (C=O) groups is 1. The van der Waals surface area contributed by atoms with Crippen LogP contribution in [0.1, 0.15) is 31.1 Å². The molecule has 0 fully saturated rings. The van der Waals surface area contributed by atoms with Gasteiger partial charge in [-0.05, 0) is 17.5 Å². The number of amides is 1. The van der Waals surface area contributed by atoms with Crippen molar-refractivity contribution in [3.63, 3.8) is 0 Å². The largest absolute Gasteiger partial charge is 0.434 e. The highest BCUT2D eigenvalue weighted by Gasteiger charge is 2.23. The van der Waals surface area contributed by atoms with Crippen molar-refractivity contribution >= 4 is 5.91 Å². The van der Waals surface area contributed by atoms with Crippen molar-refractivity contribution in [2.24, 2.45) is 5.41 Å². The van der Waals surface area contributed by atoms with E-state index >= 15 is 0 Å². The summed E-state index contributed by atoms with van der Waals surface area (Å²) in [5.41, 5.74) is -0.670. The minimum Gasteiger partial charge on any atom is -0.434 e. The zero-order chi connectivity index (χ0) is 16.2. The van der Waals surface area contributed by atoms with Crippen molar-refractivity contribution in [1.82, 2.24) is 5.32 Å². The molecule has 1 atom stereocenters. The Balaban J connectivity index is 2.82. The number of benzene rings is 1. The number of hydrogen-bond acceptors (Lipinski definition) is 3. The topological polar surface area (TPSA) is 58.6 Å². The minimum atomic E-state index is -3.17. The summed E-state index contributed by atoms with van der Waals surface area (Å²) < 4.78 is 41.7. The first-order valence-corrected chi connectivity index (χ1v) is 6.32. The van der Waals surface area contributed by atoms with Gasteiger partial charge in [0.1, 0.15) is 11.6 Å². The van der Waals surface area contributed by atoms with E-state index in [9.17, 15) is 23.1 Å². The van der Waals surface area contributed by atoms with Crippen LogP contribution in [0.2, 0.25) is 0 Å². The third-order valence-electron chi connectivity index (χ3n) is 2.86. The van der Waals surface area contributed by atoms with E-state index in [0.29, 0.717) is 6.07 Å². The van der Waals surface area contributed by atoms with Gasteiger partial charge in [-0.15, -0.1) is 0 Å². The minimum absolute atomic E-state index is 0.0617. The Morgan fingerprint density at radius 1 is 1.38 bits per heavy atom. The third kappa shape index (κ3) is 5.26. The Morgan fingerprint density at radius 3 is 2.52 bits per heavy atom. The summed E-state index contributed by atoms with van der Waals surface area (Å²) in [6.45, 7) is 2.12. The number of ether oxygens (including phenoxy) is 1. The molecule has 21 heavy (non-hydrogen) atoms. The van der Waals surface area contributed by atoms with Crippen LogP contribution in [-0.2, 0) is 0 Å². The molecule has 0 saturated heterocycles. The van der Waals surface area contributed by atoms with Gasteiger partial charge < -0.3 is 15.2 Å². The van der Waals surface area contributed by atoms with Crippen LogP contribution in [0.15, 0.2) is 18.2 Å². The smallest absolute Gasteiger partial charge is 0.387 e. The lowest BCUT2D eigenvalue weighted by atomic mass is 9.89. The molecule has 0 radical (unpaired) electrons. The number of carbonyl (C=O) groups excluding carboxylic acids is 1. The normalized spacial score (nSPS) is 13.1. The van der Waals surface area contributed by atoms with E-state index in [2.05, 4.69) is 10.1 Å². The van der Waals surface area contributed by atoms with Crippen LogP contribution in [0.4, 0.5) is 13.2 Å². The van der Waals surface area contributed by atoms with Crippen molar-refractivity contribution in [2.45, 2.75) is 33.5 Å². The molecule has 118 valence electrons. The Kier molecular flexibility index (Phi) is 5.60. The maximum absolute atomic E-state index is 13.0. The van der Waals surface area contributed by atoms with Gasteiger partial charge in [0.2, 0.25) is 0 Å². The van der Waals surface area contributed by atoms with Gasteiger partial charge in [-0.2, -0.15) is 8.78 Å². The molecule has 0 bridgehead atoms. The molecule has 7 heteroatoms. The summed E-state index contributed by atoms with van der Waals surface area (Å²) in [5, 5.41) is 12.2. The second-order valence-electron chi connectivity index (χ2n) is 5.61. The highest BCUT2D eigenvalue weighted by atomic mass is 19.3. The SMILES string of the molecule is CC(C)(C)C(O)CNC(=O)c1ccc(F)cc1OC(F)F. The van der Waals surface area contributed by atoms with Crippen molar-refractivity contribution < 1.29 is 27.8 Å². The Bertz CT molecular complexity index is 501. The molecule has 0 aliphatic heterocycles. The molecule has 0 aliphatic rings. The van der Waals surface area contributed by atoms with E-state index < -0.39 is 35.6 Å². The molecule has 0 saturated carbocycles. The van der Waals surface area contributed by atoms with Crippen LogP contribution < -0.4 is 10.1 Å². The van der Waals surface area contributed by atoms with Gasteiger partial charge in [-0.3, -0.25) is 4.79 Å². The number of aliphatic hydroxyl groups is 1. The van der Waals surface area contributed by atoms with E-state index in [1.165, 1.54) is 0 Å². The lowest BCUT2D eigenvalue weighted by molar-refractivity contribution is -0.0503. The van der Waals surface area contributed by atoms with Crippen LogP contribution in [0.5, 0.6) is 5.75 Å². The van der Waals surface area contributed by atoms with E-state index in [0.717, 1.165) is 12.1 Å². The van der Waals surface area contributed by atoms with Gasteiger partial charge in [0.05, 0.1) is 11.7 Å². The fourth-order valence-electron chi connectivity index (χ4n) is 1.47. The van der Waals surface area contributed by atoms with E-state index in [1.54, 1.807) is 20.8 Å². The van der Waals surface area contributed by atoms with Crippen LogP contribution >= 0.6 is 0 Å². The van der Waals surface area contributed by atoms with Gasteiger partial charge in [0, 0.05) is 12.6 Å². The van der Waals surface area contributed by atoms with E-state index in [1.807, 2.05) is 0 Å². The number of halogens is 3. The molecule has 0 heterocycles. The Morgan fingerprint density at radius 2 is 2.00 bits per heavy atom. The number of rotatable bonds is 5. The summed E-state index contributed by atoms with van der Waals surface area (Å²) >= 11 is 0. The molecule has 1 aromatic rings. The Labute approximate surface area is 120 Å². The maximum atomic E-state index is 13.0. The summed E-state index contributed by atoms with van der Waals surface area (Å²) in [7, 11) is 0. The van der Waals surface area contributed by atoms with Crippen LogP contribution in [0, 0.1) is 11.2 Å². The number of alkyl halides is 2. The monoisotopic (exact) mass is 305 g/mol. The first kappa shape index (κ1) is 17.3. The molecule has 0 aliphatic carbocycles. The molecular formula is C14H18F3NO3. The number of aliphatic hydroxyl groups excluding tert-OH is 1. The van der Waals surface area contributed by atoms with Crippen LogP contribution in [-0.4, -0.2) is 30.3 Å². The highest BCUT2D eigenvalue weighted by molar-refractivity contribution is 5.96. The zero-order valence-corrected chi connectivity index (χ0v) is 12.0. The lowest BCUT2D eigenvalue weighted by Gasteiger charge is -2.26. The van der Waals surface area contributed by atoms with Gasteiger partial charge in [-0.25, -0.2) is 4.39 Å².